The monoisotopic (exact) mass is 375 g/mol. The van der Waals surface area contributed by atoms with E-state index in [1.54, 1.807) is 14.2 Å². The molecule has 1 unspecified atom stereocenters. The van der Waals surface area contributed by atoms with Gasteiger partial charge in [-0.2, -0.15) is 5.06 Å². The van der Waals surface area contributed by atoms with Crippen LogP contribution in [0.15, 0.2) is 18.2 Å². The Morgan fingerprint density at radius 3 is 2.59 bits per heavy atom. The first-order valence-electron chi connectivity index (χ1n) is 10.2. The van der Waals surface area contributed by atoms with E-state index in [4.69, 9.17) is 23.8 Å². The zero-order chi connectivity index (χ0) is 18.4. The van der Waals surface area contributed by atoms with Crippen LogP contribution in [0.4, 0.5) is 0 Å². The van der Waals surface area contributed by atoms with Crippen molar-refractivity contribution in [1.82, 2.24) is 5.06 Å². The molecular formula is C21H29NO5. The fourth-order valence-electron chi connectivity index (χ4n) is 5.24. The molecule has 5 rings (SSSR count). The number of hydroxylamine groups is 2. The minimum atomic E-state index is -0.329. The van der Waals surface area contributed by atoms with Crippen LogP contribution in [0.3, 0.4) is 0 Å². The van der Waals surface area contributed by atoms with Crippen LogP contribution in [0.25, 0.3) is 0 Å². The lowest BCUT2D eigenvalue weighted by Gasteiger charge is -2.35. The largest absolute Gasteiger partial charge is 0.493 e. The van der Waals surface area contributed by atoms with Crippen molar-refractivity contribution in [2.75, 3.05) is 20.8 Å². The predicted molar refractivity (Wildman–Crippen MR) is 98.7 cm³/mol. The van der Waals surface area contributed by atoms with Crippen molar-refractivity contribution < 1.29 is 23.8 Å². The second-order valence-electron chi connectivity index (χ2n) is 8.19. The summed E-state index contributed by atoms with van der Waals surface area (Å²) in [6.07, 6.45) is 8.14. The second kappa shape index (κ2) is 6.92. The highest BCUT2D eigenvalue weighted by Gasteiger charge is 2.54. The maximum atomic E-state index is 6.50. The van der Waals surface area contributed by atoms with Gasteiger partial charge in [-0.25, -0.2) is 0 Å². The molecule has 1 saturated carbocycles. The van der Waals surface area contributed by atoms with Crippen molar-refractivity contribution in [3.8, 4) is 11.5 Å². The van der Waals surface area contributed by atoms with Crippen LogP contribution >= 0.6 is 0 Å². The van der Waals surface area contributed by atoms with Gasteiger partial charge >= 0.3 is 0 Å². The maximum Gasteiger partial charge on any atom is 0.168 e. The van der Waals surface area contributed by atoms with E-state index in [1.165, 1.54) is 24.8 Å². The summed E-state index contributed by atoms with van der Waals surface area (Å²) >= 11 is 0. The number of hydrogen-bond acceptors (Lipinski definition) is 6. The quantitative estimate of drug-likeness (QED) is 0.801. The summed E-state index contributed by atoms with van der Waals surface area (Å²) in [6.45, 7) is 0.676. The summed E-state index contributed by atoms with van der Waals surface area (Å²) in [5, 5.41) is 2.17. The third-order valence-corrected chi connectivity index (χ3v) is 6.61. The summed E-state index contributed by atoms with van der Waals surface area (Å²) < 4.78 is 23.5. The minimum absolute atomic E-state index is 0.0936. The Labute approximate surface area is 160 Å². The van der Waals surface area contributed by atoms with Gasteiger partial charge in [0.15, 0.2) is 17.3 Å². The van der Waals surface area contributed by atoms with Gasteiger partial charge in [-0.3, -0.25) is 4.84 Å². The van der Waals surface area contributed by atoms with Crippen LogP contribution in [-0.4, -0.2) is 49.9 Å². The molecule has 0 aromatic heterocycles. The number of methoxy groups -OCH3 is 2. The van der Waals surface area contributed by atoms with Gasteiger partial charge in [0.2, 0.25) is 0 Å². The van der Waals surface area contributed by atoms with E-state index in [0.29, 0.717) is 6.61 Å². The van der Waals surface area contributed by atoms with Crippen LogP contribution in [-0.2, 0) is 14.3 Å². The number of rotatable bonds is 4. The molecule has 1 aliphatic carbocycles. The first-order chi connectivity index (χ1) is 13.2. The molecule has 6 heteroatoms. The molecule has 0 amide bonds. The number of hydrogen-bond donors (Lipinski definition) is 0. The van der Waals surface area contributed by atoms with Gasteiger partial charge in [0.1, 0.15) is 6.10 Å². The molecular weight excluding hydrogens is 346 g/mol. The van der Waals surface area contributed by atoms with Crippen molar-refractivity contribution in [1.29, 1.82) is 0 Å². The fraction of sp³-hybridized carbons (Fsp3) is 0.714. The van der Waals surface area contributed by atoms with Gasteiger partial charge in [-0.1, -0.05) is 12.5 Å². The van der Waals surface area contributed by atoms with E-state index in [1.807, 2.05) is 6.07 Å². The molecule has 2 bridgehead atoms. The third-order valence-electron chi connectivity index (χ3n) is 6.61. The molecule has 3 heterocycles. The molecule has 6 nitrogen and oxygen atoms in total. The molecule has 4 fully saturated rings. The number of piperidine rings is 1. The molecule has 0 N–H and O–H groups in total. The van der Waals surface area contributed by atoms with Gasteiger partial charge in [0.05, 0.1) is 39.0 Å². The van der Waals surface area contributed by atoms with Gasteiger partial charge in [-0.15, -0.1) is 0 Å². The molecule has 3 saturated heterocycles. The minimum Gasteiger partial charge on any atom is -0.493 e. The van der Waals surface area contributed by atoms with Crippen molar-refractivity contribution >= 4 is 0 Å². The van der Waals surface area contributed by atoms with Crippen molar-refractivity contribution in [2.24, 2.45) is 0 Å². The van der Waals surface area contributed by atoms with Crippen molar-refractivity contribution in [3.63, 3.8) is 0 Å². The zero-order valence-corrected chi connectivity index (χ0v) is 16.2. The zero-order valence-electron chi connectivity index (χ0n) is 16.2. The smallest absolute Gasteiger partial charge is 0.168 e. The highest BCUT2D eigenvalue weighted by Crippen LogP contribution is 2.49. The first kappa shape index (κ1) is 17.7. The summed E-state index contributed by atoms with van der Waals surface area (Å²) in [5.41, 5.74) is 1.20. The number of benzene rings is 1. The molecule has 4 aliphatic rings. The van der Waals surface area contributed by atoms with E-state index in [-0.39, 0.29) is 30.1 Å². The van der Waals surface area contributed by atoms with Gasteiger partial charge in [0, 0.05) is 12.8 Å². The van der Waals surface area contributed by atoms with Crippen LogP contribution in [0.2, 0.25) is 0 Å². The standard InChI is InChI=1S/C21H29NO5/c1-23-18-7-6-14(10-19(18)24-2)16-11-15-12-17(22(16)27-15)20-13-25-21(26-20)8-4-3-5-9-21/h6-7,10,15-17,20H,3-5,8-9,11-13H2,1-2H3/t15-,16-,17+,20+/m0/s1. The van der Waals surface area contributed by atoms with Gasteiger partial charge in [0.25, 0.3) is 0 Å². The molecule has 148 valence electrons. The summed E-state index contributed by atoms with van der Waals surface area (Å²) in [6, 6.07) is 6.63. The predicted octanol–water partition coefficient (Wildman–Crippen LogP) is 3.60. The van der Waals surface area contributed by atoms with Gasteiger partial charge < -0.3 is 18.9 Å². The number of nitrogens with zero attached hydrogens (tertiary/aromatic N) is 1. The SMILES string of the molecule is COc1ccc([C@@H]2C[C@H]3C[C@H]([C@H]4COC5(CCCCC5)O4)N2O3)cc1OC. The van der Waals surface area contributed by atoms with Gasteiger partial charge in [-0.05, 0) is 43.4 Å². The molecule has 1 aromatic rings. The van der Waals surface area contributed by atoms with E-state index in [0.717, 1.165) is 37.2 Å². The summed E-state index contributed by atoms with van der Waals surface area (Å²) in [5.74, 6) is 1.19. The van der Waals surface area contributed by atoms with E-state index < -0.39 is 0 Å². The maximum absolute atomic E-state index is 6.50. The topological polar surface area (TPSA) is 49.4 Å². The average Bonchev–Trinajstić information content (AvgIpc) is 3.42. The lowest BCUT2D eigenvalue weighted by atomic mass is 9.90. The Kier molecular flexibility index (Phi) is 4.55. The number of fused-ring (bicyclic) bond motifs is 2. The van der Waals surface area contributed by atoms with Crippen LogP contribution in [0.1, 0.15) is 56.6 Å². The van der Waals surface area contributed by atoms with Crippen LogP contribution in [0, 0.1) is 0 Å². The average molecular weight is 375 g/mol. The Morgan fingerprint density at radius 1 is 1.04 bits per heavy atom. The normalized spacial score (nSPS) is 37.0. The third kappa shape index (κ3) is 3.03. The van der Waals surface area contributed by atoms with E-state index in [9.17, 15) is 0 Å². The van der Waals surface area contributed by atoms with Crippen LogP contribution in [0.5, 0.6) is 11.5 Å². The summed E-state index contributed by atoms with van der Waals surface area (Å²) in [7, 11) is 3.34. The Bertz CT molecular complexity index is 689. The Morgan fingerprint density at radius 2 is 1.85 bits per heavy atom. The summed E-state index contributed by atoms with van der Waals surface area (Å²) in [4.78, 5) is 6.20. The fourth-order valence-corrected chi connectivity index (χ4v) is 5.24. The molecule has 27 heavy (non-hydrogen) atoms. The highest BCUT2D eigenvalue weighted by molar-refractivity contribution is 5.44. The molecule has 3 aliphatic heterocycles. The lowest BCUT2D eigenvalue weighted by molar-refractivity contribution is -0.206. The number of ether oxygens (including phenoxy) is 4. The van der Waals surface area contributed by atoms with Crippen LogP contribution < -0.4 is 9.47 Å². The van der Waals surface area contributed by atoms with E-state index in [2.05, 4.69) is 17.2 Å². The molecule has 1 spiro atoms. The lowest BCUT2D eigenvalue weighted by Crippen LogP contribution is -2.43. The van der Waals surface area contributed by atoms with Crippen molar-refractivity contribution in [3.05, 3.63) is 23.8 Å². The highest BCUT2D eigenvalue weighted by atomic mass is 16.8. The van der Waals surface area contributed by atoms with E-state index >= 15 is 0 Å². The molecule has 1 aromatic carbocycles. The van der Waals surface area contributed by atoms with Crippen molar-refractivity contribution in [2.45, 2.75) is 75.0 Å². The second-order valence-corrected chi connectivity index (χ2v) is 8.19. The first-order valence-corrected chi connectivity index (χ1v) is 10.2. The Hall–Kier alpha value is -1.34. The molecule has 0 radical (unpaired) electrons. The molecule has 5 atom stereocenters. The Balaban J connectivity index is 1.33.